The van der Waals surface area contributed by atoms with Crippen LogP contribution in [0.1, 0.15) is 10.4 Å². The van der Waals surface area contributed by atoms with E-state index in [1.165, 1.54) is 29.7 Å². The zero-order valence-corrected chi connectivity index (χ0v) is 15.7. The summed E-state index contributed by atoms with van der Waals surface area (Å²) >= 11 is 5.73. The molecular formula is C17H18ClN3O4S. The number of benzene rings is 1. The van der Waals surface area contributed by atoms with Crippen molar-refractivity contribution in [1.29, 1.82) is 0 Å². The lowest BCUT2D eigenvalue weighted by Gasteiger charge is -2.34. The highest BCUT2D eigenvalue weighted by molar-refractivity contribution is 7.89. The van der Waals surface area contributed by atoms with E-state index < -0.39 is 10.0 Å². The molecule has 1 fully saturated rings. The predicted molar refractivity (Wildman–Crippen MR) is 96.9 cm³/mol. The van der Waals surface area contributed by atoms with Crippen LogP contribution in [0.3, 0.4) is 0 Å². The molecule has 0 radical (unpaired) electrons. The van der Waals surface area contributed by atoms with Crippen molar-refractivity contribution >= 4 is 27.5 Å². The first-order chi connectivity index (χ1) is 12.4. The van der Waals surface area contributed by atoms with Crippen molar-refractivity contribution in [3.63, 3.8) is 0 Å². The Morgan fingerprint density at radius 2 is 1.73 bits per heavy atom. The van der Waals surface area contributed by atoms with Crippen molar-refractivity contribution in [3.8, 4) is 5.75 Å². The first kappa shape index (κ1) is 18.6. The maximum atomic E-state index is 12.7. The van der Waals surface area contributed by atoms with Crippen molar-refractivity contribution in [2.24, 2.45) is 0 Å². The number of piperazine rings is 1. The number of sulfonamides is 1. The quantitative estimate of drug-likeness (QED) is 0.738. The van der Waals surface area contributed by atoms with E-state index in [4.69, 9.17) is 16.3 Å². The maximum Gasteiger partial charge on any atom is 0.255 e. The maximum absolute atomic E-state index is 12.7. The molecule has 0 saturated carbocycles. The molecule has 138 valence electrons. The Morgan fingerprint density at radius 3 is 2.27 bits per heavy atom. The zero-order chi connectivity index (χ0) is 18.7. The van der Waals surface area contributed by atoms with Gasteiger partial charge in [-0.1, -0.05) is 11.6 Å². The fourth-order valence-corrected chi connectivity index (χ4v) is 4.25. The number of carbonyl (C=O) groups excluding carboxylic acids is 1. The van der Waals surface area contributed by atoms with Gasteiger partial charge in [0.05, 0.1) is 17.6 Å². The number of rotatable bonds is 4. The number of ether oxygens (including phenoxy) is 1. The van der Waals surface area contributed by atoms with Gasteiger partial charge in [0.1, 0.15) is 10.9 Å². The molecule has 1 aromatic carbocycles. The third kappa shape index (κ3) is 3.82. The molecule has 1 aliphatic heterocycles. The molecule has 0 N–H and O–H groups in total. The number of pyridine rings is 1. The molecule has 0 bridgehead atoms. The lowest BCUT2D eigenvalue weighted by molar-refractivity contribution is 0.0697. The van der Waals surface area contributed by atoms with E-state index >= 15 is 0 Å². The molecule has 0 unspecified atom stereocenters. The highest BCUT2D eigenvalue weighted by Crippen LogP contribution is 2.21. The summed E-state index contributed by atoms with van der Waals surface area (Å²) in [6.45, 7) is 1.11. The second kappa shape index (κ2) is 7.61. The molecule has 3 rings (SSSR count). The van der Waals surface area contributed by atoms with E-state index in [2.05, 4.69) is 4.98 Å². The summed E-state index contributed by atoms with van der Waals surface area (Å²) in [5, 5.41) is 0.317. The van der Waals surface area contributed by atoms with Gasteiger partial charge < -0.3 is 9.64 Å². The van der Waals surface area contributed by atoms with Gasteiger partial charge in [-0.25, -0.2) is 13.4 Å². The van der Waals surface area contributed by atoms with Gasteiger partial charge in [-0.15, -0.1) is 0 Å². The van der Waals surface area contributed by atoms with Crippen LogP contribution in [0.5, 0.6) is 5.75 Å². The Hall–Kier alpha value is -2.16. The Labute approximate surface area is 157 Å². The highest BCUT2D eigenvalue weighted by Gasteiger charge is 2.30. The lowest BCUT2D eigenvalue weighted by Crippen LogP contribution is -2.50. The fourth-order valence-electron chi connectivity index (χ4n) is 2.71. The Balaban J connectivity index is 1.67. The van der Waals surface area contributed by atoms with Gasteiger partial charge in [0.2, 0.25) is 10.0 Å². The molecule has 1 aliphatic rings. The van der Waals surface area contributed by atoms with E-state index in [1.54, 1.807) is 29.2 Å². The van der Waals surface area contributed by atoms with Crippen molar-refractivity contribution < 1.29 is 17.9 Å². The smallest absolute Gasteiger partial charge is 0.255 e. The van der Waals surface area contributed by atoms with E-state index in [0.29, 0.717) is 29.6 Å². The van der Waals surface area contributed by atoms with Crippen molar-refractivity contribution in [2.75, 3.05) is 33.3 Å². The second-order valence-corrected chi connectivity index (χ2v) is 8.07. The van der Waals surface area contributed by atoms with E-state index in [1.807, 2.05) is 0 Å². The van der Waals surface area contributed by atoms with Gasteiger partial charge in [0.25, 0.3) is 5.91 Å². The number of nitrogens with zero attached hydrogens (tertiary/aromatic N) is 3. The number of halogens is 1. The lowest BCUT2D eigenvalue weighted by atomic mass is 10.2. The first-order valence-corrected chi connectivity index (χ1v) is 9.78. The average Bonchev–Trinajstić information content (AvgIpc) is 2.68. The summed E-state index contributed by atoms with van der Waals surface area (Å²) in [7, 11) is -2.07. The first-order valence-electron chi connectivity index (χ1n) is 7.97. The van der Waals surface area contributed by atoms with Crippen LogP contribution in [0.15, 0.2) is 47.5 Å². The van der Waals surface area contributed by atoms with Crippen LogP contribution < -0.4 is 4.74 Å². The molecular weight excluding hydrogens is 378 g/mol. The van der Waals surface area contributed by atoms with Crippen LogP contribution in [0, 0.1) is 0 Å². The Kier molecular flexibility index (Phi) is 5.45. The second-order valence-electron chi connectivity index (χ2n) is 5.74. The summed E-state index contributed by atoms with van der Waals surface area (Å²) in [4.78, 5) is 18.2. The topological polar surface area (TPSA) is 79.8 Å². The van der Waals surface area contributed by atoms with Crippen molar-refractivity contribution in [3.05, 3.63) is 53.3 Å². The van der Waals surface area contributed by atoms with Gasteiger partial charge in [0, 0.05) is 32.4 Å². The minimum atomic E-state index is -3.60. The molecule has 1 amide bonds. The van der Waals surface area contributed by atoms with Gasteiger partial charge in [-0.2, -0.15) is 4.31 Å². The van der Waals surface area contributed by atoms with Gasteiger partial charge in [-0.3, -0.25) is 4.79 Å². The number of carbonyl (C=O) groups is 1. The fraction of sp³-hybridized carbons (Fsp3) is 0.294. The molecule has 0 aliphatic carbocycles. The summed E-state index contributed by atoms with van der Waals surface area (Å²) in [6.07, 6.45) is 1.42. The third-order valence-corrected chi connectivity index (χ3v) is 6.33. The monoisotopic (exact) mass is 395 g/mol. The standard InChI is InChI=1S/C17H18ClN3O4S/c1-25-14-3-5-15(6-4-14)26(23,24)21-10-8-20(9-11-21)17(22)13-2-7-16(18)19-12-13/h2-7,12H,8-11H2,1H3. The molecule has 0 spiro atoms. The molecule has 1 saturated heterocycles. The highest BCUT2D eigenvalue weighted by atomic mass is 35.5. The number of aromatic nitrogens is 1. The van der Waals surface area contributed by atoms with E-state index in [9.17, 15) is 13.2 Å². The van der Waals surface area contributed by atoms with Gasteiger partial charge >= 0.3 is 0 Å². The van der Waals surface area contributed by atoms with E-state index in [0.717, 1.165) is 0 Å². The van der Waals surface area contributed by atoms with Crippen LogP contribution in [0.2, 0.25) is 5.15 Å². The number of hydrogen-bond acceptors (Lipinski definition) is 5. The molecule has 26 heavy (non-hydrogen) atoms. The van der Waals surface area contributed by atoms with Crippen LogP contribution in [0.25, 0.3) is 0 Å². The zero-order valence-electron chi connectivity index (χ0n) is 14.1. The predicted octanol–water partition coefficient (Wildman–Crippen LogP) is 1.89. The number of hydrogen-bond donors (Lipinski definition) is 0. The summed E-state index contributed by atoms with van der Waals surface area (Å²) in [5.74, 6) is 0.409. The molecule has 9 heteroatoms. The average molecular weight is 396 g/mol. The Bertz CT molecular complexity index is 877. The number of methoxy groups -OCH3 is 1. The summed E-state index contributed by atoms with van der Waals surface area (Å²) in [6, 6.07) is 9.42. The molecule has 0 atom stereocenters. The van der Waals surface area contributed by atoms with Crippen molar-refractivity contribution in [1.82, 2.24) is 14.2 Å². The SMILES string of the molecule is COc1ccc(S(=O)(=O)N2CCN(C(=O)c3ccc(Cl)nc3)CC2)cc1. The minimum Gasteiger partial charge on any atom is -0.497 e. The third-order valence-electron chi connectivity index (χ3n) is 4.20. The molecule has 2 heterocycles. The Morgan fingerprint density at radius 1 is 1.08 bits per heavy atom. The normalized spacial score (nSPS) is 15.7. The van der Waals surface area contributed by atoms with Gasteiger partial charge in [-0.05, 0) is 36.4 Å². The van der Waals surface area contributed by atoms with Crippen LogP contribution >= 0.6 is 11.6 Å². The van der Waals surface area contributed by atoms with Crippen LogP contribution in [0.4, 0.5) is 0 Å². The summed E-state index contributed by atoms with van der Waals surface area (Å²) < 4.78 is 31.9. The summed E-state index contributed by atoms with van der Waals surface area (Å²) in [5.41, 5.74) is 0.431. The van der Waals surface area contributed by atoms with Gasteiger partial charge in [0.15, 0.2) is 0 Å². The molecule has 7 nitrogen and oxygen atoms in total. The van der Waals surface area contributed by atoms with E-state index in [-0.39, 0.29) is 23.9 Å². The van der Waals surface area contributed by atoms with Crippen molar-refractivity contribution in [2.45, 2.75) is 4.90 Å². The number of amides is 1. The minimum absolute atomic E-state index is 0.185. The van der Waals surface area contributed by atoms with Crippen LogP contribution in [-0.4, -0.2) is 61.8 Å². The largest absolute Gasteiger partial charge is 0.497 e. The molecule has 2 aromatic rings. The van der Waals surface area contributed by atoms with Crippen LogP contribution in [-0.2, 0) is 10.0 Å². The molecule has 1 aromatic heterocycles.